The molecular weight excluding hydrogens is 172 g/mol. The first-order valence-electron chi connectivity index (χ1n) is 6.27. The van der Waals surface area contributed by atoms with Gasteiger partial charge >= 0.3 is 0 Å². The molecule has 0 spiro atoms. The lowest BCUT2D eigenvalue weighted by Gasteiger charge is -2.17. The summed E-state index contributed by atoms with van der Waals surface area (Å²) < 4.78 is 0. The minimum Gasteiger partial charge on any atom is -0.330 e. The van der Waals surface area contributed by atoms with E-state index in [1.165, 1.54) is 58.2 Å². The molecule has 0 amide bonds. The maximum atomic E-state index is 5.44. The Hall–Kier alpha value is -0.0800. The van der Waals surface area contributed by atoms with Gasteiger partial charge in [-0.25, -0.2) is 0 Å². The largest absolute Gasteiger partial charge is 0.330 e. The van der Waals surface area contributed by atoms with Gasteiger partial charge in [0.15, 0.2) is 0 Å². The molecule has 2 heteroatoms. The summed E-state index contributed by atoms with van der Waals surface area (Å²) in [6, 6.07) is 0. The molecule has 2 nitrogen and oxygen atoms in total. The van der Waals surface area contributed by atoms with Crippen LogP contribution in [0, 0.1) is 0 Å². The van der Waals surface area contributed by atoms with E-state index in [-0.39, 0.29) is 0 Å². The standard InChI is InChI=1S/C12H28N2/c1-3-14(4-2)12-10-8-6-5-7-9-11-13/h3-13H2,1-2H3. The summed E-state index contributed by atoms with van der Waals surface area (Å²) >= 11 is 0. The van der Waals surface area contributed by atoms with Crippen molar-refractivity contribution < 1.29 is 0 Å². The Morgan fingerprint density at radius 2 is 1.29 bits per heavy atom. The molecule has 0 fully saturated rings. The highest BCUT2D eigenvalue weighted by Gasteiger charge is 1.97. The van der Waals surface area contributed by atoms with Crippen LogP contribution >= 0.6 is 0 Å². The van der Waals surface area contributed by atoms with Gasteiger partial charge in [-0.15, -0.1) is 0 Å². The Kier molecular flexibility index (Phi) is 10.9. The first kappa shape index (κ1) is 13.9. The number of nitrogens with two attached hydrogens (primary N) is 1. The number of hydrogen-bond acceptors (Lipinski definition) is 2. The first-order valence-corrected chi connectivity index (χ1v) is 6.27. The third-order valence-corrected chi connectivity index (χ3v) is 2.82. The third kappa shape index (κ3) is 8.52. The predicted molar refractivity (Wildman–Crippen MR) is 64.5 cm³/mol. The van der Waals surface area contributed by atoms with Gasteiger partial charge in [-0.3, -0.25) is 0 Å². The lowest BCUT2D eigenvalue weighted by Crippen LogP contribution is -2.23. The molecule has 0 aromatic rings. The molecule has 14 heavy (non-hydrogen) atoms. The van der Waals surface area contributed by atoms with Crippen molar-refractivity contribution in [2.75, 3.05) is 26.2 Å². The normalized spacial score (nSPS) is 11.1. The number of hydrogen-bond donors (Lipinski definition) is 1. The van der Waals surface area contributed by atoms with Gasteiger partial charge in [0.2, 0.25) is 0 Å². The summed E-state index contributed by atoms with van der Waals surface area (Å²) in [5, 5.41) is 0. The van der Waals surface area contributed by atoms with E-state index < -0.39 is 0 Å². The molecule has 0 bridgehead atoms. The summed E-state index contributed by atoms with van der Waals surface area (Å²) in [4.78, 5) is 2.50. The molecule has 0 aromatic heterocycles. The van der Waals surface area contributed by atoms with Crippen molar-refractivity contribution in [2.24, 2.45) is 5.73 Å². The van der Waals surface area contributed by atoms with Gasteiger partial charge in [-0.05, 0) is 39.0 Å². The van der Waals surface area contributed by atoms with Crippen molar-refractivity contribution in [2.45, 2.75) is 52.4 Å². The Balaban J connectivity index is 3.04. The van der Waals surface area contributed by atoms with Gasteiger partial charge in [0.05, 0.1) is 0 Å². The molecule has 0 radical (unpaired) electrons. The van der Waals surface area contributed by atoms with Gasteiger partial charge in [0.1, 0.15) is 0 Å². The van der Waals surface area contributed by atoms with Crippen LogP contribution in [0.15, 0.2) is 0 Å². The average Bonchev–Trinajstić information content (AvgIpc) is 2.22. The van der Waals surface area contributed by atoms with E-state index in [2.05, 4.69) is 18.7 Å². The second kappa shape index (κ2) is 11.0. The first-order chi connectivity index (χ1) is 6.85. The van der Waals surface area contributed by atoms with E-state index in [4.69, 9.17) is 5.73 Å². The Morgan fingerprint density at radius 3 is 1.79 bits per heavy atom. The van der Waals surface area contributed by atoms with Crippen molar-refractivity contribution >= 4 is 0 Å². The molecule has 0 saturated heterocycles. The third-order valence-electron chi connectivity index (χ3n) is 2.82. The van der Waals surface area contributed by atoms with Crippen LogP contribution in [-0.4, -0.2) is 31.1 Å². The van der Waals surface area contributed by atoms with E-state index >= 15 is 0 Å². The molecule has 0 aliphatic rings. The zero-order valence-electron chi connectivity index (χ0n) is 10.1. The van der Waals surface area contributed by atoms with Crippen molar-refractivity contribution in [3.05, 3.63) is 0 Å². The summed E-state index contributed by atoms with van der Waals surface area (Å²) in [5.41, 5.74) is 5.44. The van der Waals surface area contributed by atoms with Crippen molar-refractivity contribution in [3.63, 3.8) is 0 Å². The fraction of sp³-hybridized carbons (Fsp3) is 1.00. The highest BCUT2D eigenvalue weighted by Crippen LogP contribution is 2.05. The molecule has 86 valence electrons. The molecule has 2 N–H and O–H groups in total. The smallest absolute Gasteiger partial charge is 0.00190 e. The Morgan fingerprint density at radius 1 is 0.786 bits per heavy atom. The molecule has 0 atom stereocenters. The summed E-state index contributed by atoms with van der Waals surface area (Å²) in [5.74, 6) is 0. The number of unbranched alkanes of at least 4 members (excludes halogenated alkanes) is 5. The Bertz CT molecular complexity index is 100. The van der Waals surface area contributed by atoms with Crippen LogP contribution in [0.25, 0.3) is 0 Å². The van der Waals surface area contributed by atoms with Gasteiger partial charge < -0.3 is 10.6 Å². The lowest BCUT2D eigenvalue weighted by molar-refractivity contribution is 0.295. The summed E-state index contributed by atoms with van der Waals surface area (Å²) in [7, 11) is 0. The van der Waals surface area contributed by atoms with Crippen LogP contribution in [0.3, 0.4) is 0 Å². The van der Waals surface area contributed by atoms with Crippen LogP contribution < -0.4 is 5.73 Å². The van der Waals surface area contributed by atoms with Crippen molar-refractivity contribution in [3.8, 4) is 0 Å². The maximum absolute atomic E-state index is 5.44. The van der Waals surface area contributed by atoms with Crippen LogP contribution in [0.2, 0.25) is 0 Å². The van der Waals surface area contributed by atoms with Crippen LogP contribution in [0.4, 0.5) is 0 Å². The minimum atomic E-state index is 0.861. The fourth-order valence-corrected chi connectivity index (χ4v) is 1.73. The lowest BCUT2D eigenvalue weighted by atomic mass is 10.1. The quantitative estimate of drug-likeness (QED) is 0.549. The van der Waals surface area contributed by atoms with E-state index in [1.54, 1.807) is 0 Å². The summed E-state index contributed by atoms with van der Waals surface area (Å²) in [6.45, 7) is 9.02. The molecule has 0 rings (SSSR count). The molecular formula is C12H28N2. The highest BCUT2D eigenvalue weighted by atomic mass is 15.1. The average molecular weight is 200 g/mol. The van der Waals surface area contributed by atoms with Gasteiger partial charge in [0.25, 0.3) is 0 Å². The van der Waals surface area contributed by atoms with E-state index in [9.17, 15) is 0 Å². The van der Waals surface area contributed by atoms with Crippen LogP contribution in [0.5, 0.6) is 0 Å². The SMILES string of the molecule is CCN(CC)CCCCCCCCN. The number of nitrogens with zero attached hydrogens (tertiary/aromatic N) is 1. The van der Waals surface area contributed by atoms with E-state index in [0.29, 0.717) is 0 Å². The molecule has 0 aliphatic carbocycles. The zero-order chi connectivity index (χ0) is 10.6. The van der Waals surface area contributed by atoms with Gasteiger partial charge in [-0.1, -0.05) is 39.5 Å². The van der Waals surface area contributed by atoms with E-state index in [0.717, 1.165) is 6.54 Å². The zero-order valence-corrected chi connectivity index (χ0v) is 10.1. The van der Waals surface area contributed by atoms with Crippen LogP contribution in [-0.2, 0) is 0 Å². The van der Waals surface area contributed by atoms with Gasteiger partial charge in [-0.2, -0.15) is 0 Å². The molecule has 0 aromatic carbocycles. The van der Waals surface area contributed by atoms with Crippen LogP contribution in [0.1, 0.15) is 52.4 Å². The minimum absolute atomic E-state index is 0.861. The second-order valence-electron chi connectivity index (χ2n) is 3.94. The molecule has 0 aliphatic heterocycles. The number of rotatable bonds is 10. The van der Waals surface area contributed by atoms with Gasteiger partial charge in [0, 0.05) is 0 Å². The topological polar surface area (TPSA) is 29.3 Å². The molecule has 0 heterocycles. The van der Waals surface area contributed by atoms with Crippen molar-refractivity contribution in [1.29, 1.82) is 0 Å². The molecule has 0 unspecified atom stereocenters. The maximum Gasteiger partial charge on any atom is -0.00190 e. The monoisotopic (exact) mass is 200 g/mol. The Labute approximate surface area is 89.9 Å². The van der Waals surface area contributed by atoms with Crippen molar-refractivity contribution in [1.82, 2.24) is 4.90 Å². The predicted octanol–water partition coefficient (Wildman–Crippen LogP) is 2.63. The highest BCUT2D eigenvalue weighted by molar-refractivity contribution is 4.53. The second-order valence-corrected chi connectivity index (χ2v) is 3.94. The van der Waals surface area contributed by atoms with E-state index in [1.807, 2.05) is 0 Å². The fourth-order valence-electron chi connectivity index (χ4n) is 1.73. The molecule has 0 saturated carbocycles. The summed E-state index contributed by atoms with van der Waals surface area (Å²) in [6.07, 6.45) is 8.04.